The molecule has 3 heterocycles. The molecule has 3 rings (SSSR count). The summed E-state index contributed by atoms with van der Waals surface area (Å²) < 4.78 is 5.96. The molecule has 0 aromatic carbocycles. The second-order valence-electron chi connectivity index (χ2n) is 7.33. The van der Waals surface area contributed by atoms with Gasteiger partial charge in [0.05, 0.1) is 6.04 Å². The van der Waals surface area contributed by atoms with Gasteiger partial charge in [0.15, 0.2) is 0 Å². The van der Waals surface area contributed by atoms with Gasteiger partial charge in [-0.2, -0.15) is 0 Å². The lowest BCUT2D eigenvalue weighted by atomic mass is 10.1. The molecule has 0 bridgehead atoms. The first-order valence-electron chi connectivity index (χ1n) is 9.94. The Labute approximate surface area is 160 Å². The van der Waals surface area contributed by atoms with Crippen molar-refractivity contribution in [2.75, 3.05) is 6.54 Å². The SMILES string of the molecule is CCc1ccc(C2CCCCCN2C(=O)CCc2c(C)nc(C)[nH]c2=O)o1. The van der Waals surface area contributed by atoms with Crippen molar-refractivity contribution in [3.63, 3.8) is 0 Å². The summed E-state index contributed by atoms with van der Waals surface area (Å²) in [5.74, 6) is 2.52. The normalized spacial score (nSPS) is 17.7. The Morgan fingerprint density at radius 1 is 1.30 bits per heavy atom. The van der Waals surface area contributed by atoms with Crippen LogP contribution in [0.4, 0.5) is 0 Å². The average molecular weight is 371 g/mol. The molecular formula is C21H29N3O3. The molecule has 1 fully saturated rings. The van der Waals surface area contributed by atoms with Gasteiger partial charge in [-0.15, -0.1) is 0 Å². The quantitative estimate of drug-likeness (QED) is 0.871. The van der Waals surface area contributed by atoms with E-state index >= 15 is 0 Å². The molecule has 1 atom stereocenters. The number of nitrogens with zero attached hydrogens (tertiary/aromatic N) is 2. The van der Waals surface area contributed by atoms with Gasteiger partial charge in [0.25, 0.3) is 5.56 Å². The topological polar surface area (TPSA) is 79.2 Å². The summed E-state index contributed by atoms with van der Waals surface area (Å²) in [4.78, 5) is 34.2. The minimum absolute atomic E-state index is 0.00387. The second kappa shape index (κ2) is 8.55. The Hall–Kier alpha value is -2.37. The maximum atomic E-state index is 13.0. The zero-order valence-electron chi connectivity index (χ0n) is 16.5. The number of H-pyrrole nitrogens is 1. The summed E-state index contributed by atoms with van der Waals surface area (Å²) >= 11 is 0. The van der Waals surface area contributed by atoms with E-state index < -0.39 is 0 Å². The van der Waals surface area contributed by atoms with Crippen LogP contribution in [0, 0.1) is 13.8 Å². The molecule has 1 N–H and O–H groups in total. The van der Waals surface area contributed by atoms with Gasteiger partial charge in [0, 0.05) is 30.6 Å². The number of furan rings is 1. The molecule has 0 spiro atoms. The standard InChI is InChI=1S/C21H29N3O3/c1-4-16-9-11-19(27-16)18-8-6-5-7-13-24(18)20(25)12-10-17-14(2)22-15(3)23-21(17)26/h9,11,18H,4-8,10,12-13H2,1-3H3,(H,22,23,26). The van der Waals surface area contributed by atoms with E-state index in [1.807, 2.05) is 24.0 Å². The Bertz CT molecular complexity index is 853. The number of hydrogen-bond donors (Lipinski definition) is 1. The van der Waals surface area contributed by atoms with E-state index in [1.54, 1.807) is 6.92 Å². The van der Waals surface area contributed by atoms with Crippen LogP contribution in [0.3, 0.4) is 0 Å². The number of aromatic amines is 1. The largest absolute Gasteiger partial charge is 0.464 e. The number of nitrogens with one attached hydrogen (secondary N) is 1. The molecule has 27 heavy (non-hydrogen) atoms. The van der Waals surface area contributed by atoms with E-state index in [9.17, 15) is 9.59 Å². The molecular weight excluding hydrogens is 342 g/mol. The summed E-state index contributed by atoms with van der Waals surface area (Å²) in [5, 5.41) is 0. The van der Waals surface area contributed by atoms with Crippen molar-refractivity contribution in [1.29, 1.82) is 0 Å². The molecule has 1 amide bonds. The van der Waals surface area contributed by atoms with Gasteiger partial charge in [0.1, 0.15) is 17.3 Å². The van der Waals surface area contributed by atoms with Crippen molar-refractivity contribution in [3.8, 4) is 0 Å². The van der Waals surface area contributed by atoms with Gasteiger partial charge in [-0.05, 0) is 45.2 Å². The highest BCUT2D eigenvalue weighted by Gasteiger charge is 2.29. The Balaban J connectivity index is 1.75. The molecule has 1 aliphatic rings. The third-order valence-electron chi connectivity index (χ3n) is 5.36. The molecule has 1 saturated heterocycles. The third kappa shape index (κ3) is 4.49. The first-order valence-corrected chi connectivity index (χ1v) is 9.94. The maximum Gasteiger partial charge on any atom is 0.254 e. The first kappa shape index (κ1) is 19.4. The van der Waals surface area contributed by atoms with E-state index in [0.29, 0.717) is 29.9 Å². The minimum atomic E-state index is -0.140. The zero-order chi connectivity index (χ0) is 19.4. The molecule has 6 nitrogen and oxygen atoms in total. The highest BCUT2D eigenvalue weighted by Crippen LogP contribution is 2.32. The third-order valence-corrected chi connectivity index (χ3v) is 5.36. The van der Waals surface area contributed by atoms with Crippen LogP contribution < -0.4 is 5.56 Å². The number of likely N-dealkylation sites (tertiary alicyclic amines) is 1. The zero-order valence-corrected chi connectivity index (χ0v) is 16.5. The second-order valence-corrected chi connectivity index (χ2v) is 7.33. The average Bonchev–Trinajstić information content (AvgIpc) is 2.97. The smallest absolute Gasteiger partial charge is 0.254 e. The molecule has 146 valence electrons. The lowest BCUT2D eigenvalue weighted by Crippen LogP contribution is -2.35. The molecule has 1 aliphatic heterocycles. The van der Waals surface area contributed by atoms with Crippen LogP contribution in [0.2, 0.25) is 0 Å². The van der Waals surface area contributed by atoms with Gasteiger partial charge < -0.3 is 14.3 Å². The Morgan fingerprint density at radius 2 is 2.11 bits per heavy atom. The van der Waals surface area contributed by atoms with Crippen LogP contribution in [0.15, 0.2) is 21.3 Å². The van der Waals surface area contributed by atoms with Crippen molar-refractivity contribution >= 4 is 5.91 Å². The van der Waals surface area contributed by atoms with E-state index in [0.717, 1.165) is 50.2 Å². The van der Waals surface area contributed by atoms with Gasteiger partial charge in [-0.25, -0.2) is 4.98 Å². The van der Waals surface area contributed by atoms with Gasteiger partial charge in [-0.3, -0.25) is 9.59 Å². The summed E-state index contributed by atoms with van der Waals surface area (Å²) in [6.45, 7) is 6.40. The van der Waals surface area contributed by atoms with Crippen molar-refractivity contribution in [2.45, 2.75) is 71.8 Å². The predicted molar refractivity (Wildman–Crippen MR) is 104 cm³/mol. The van der Waals surface area contributed by atoms with E-state index in [-0.39, 0.29) is 17.5 Å². The maximum absolute atomic E-state index is 13.0. The van der Waals surface area contributed by atoms with Gasteiger partial charge in [0.2, 0.25) is 5.91 Å². The van der Waals surface area contributed by atoms with E-state index in [2.05, 4.69) is 16.9 Å². The van der Waals surface area contributed by atoms with E-state index in [1.165, 1.54) is 0 Å². The number of carbonyl (C=O) groups excluding carboxylic acids is 1. The van der Waals surface area contributed by atoms with Gasteiger partial charge in [-0.1, -0.05) is 19.8 Å². The Morgan fingerprint density at radius 3 is 2.81 bits per heavy atom. The number of hydrogen-bond acceptors (Lipinski definition) is 4. The van der Waals surface area contributed by atoms with Crippen LogP contribution in [-0.2, 0) is 17.6 Å². The lowest BCUT2D eigenvalue weighted by molar-refractivity contribution is -0.134. The fraction of sp³-hybridized carbons (Fsp3) is 0.571. The van der Waals surface area contributed by atoms with Crippen LogP contribution in [0.25, 0.3) is 0 Å². The van der Waals surface area contributed by atoms with Crippen LogP contribution in [0.5, 0.6) is 0 Å². The van der Waals surface area contributed by atoms with E-state index in [4.69, 9.17) is 4.42 Å². The fourth-order valence-electron chi connectivity index (χ4n) is 3.89. The summed E-state index contributed by atoms with van der Waals surface area (Å²) in [5.41, 5.74) is 1.17. The highest BCUT2D eigenvalue weighted by molar-refractivity contribution is 5.77. The molecule has 2 aromatic rings. The monoisotopic (exact) mass is 371 g/mol. The molecule has 1 unspecified atom stereocenters. The number of carbonyl (C=O) groups is 1. The van der Waals surface area contributed by atoms with Crippen molar-refractivity contribution in [1.82, 2.24) is 14.9 Å². The molecule has 2 aromatic heterocycles. The lowest BCUT2D eigenvalue weighted by Gasteiger charge is -2.29. The first-order chi connectivity index (χ1) is 13.0. The van der Waals surface area contributed by atoms with Crippen LogP contribution >= 0.6 is 0 Å². The molecule has 0 saturated carbocycles. The van der Waals surface area contributed by atoms with Crippen molar-refractivity contribution < 1.29 is 9.21 Å². The Kier molecular flexibility index (Phi) is 6.14. The number of aryl methyl sites for hydroxylation is 3. The molecule has 6 heteroatoms. The highest BCUT2D eigenvalue weighted by atomic mass is 16.3. The molecule has 0 radical (unpaired) electrons. The summed E-state index contributed by atoms with van der Waals surface area (Å²) in [7, 11) is 0. The van der Waals surface area contributed by atoms with Crippen LogP contribution in [-0.4, -0.2) is 27.3 Å². The summed E-state index contributed by atoms with van der Waals surface area (Å²) in [6, 6.07) is 4.01. The molecule has 0 aliphatic carbocycles. The van der Waals surface area contributed by atoms with Crippen molar-refractivity contribution in [3.05, 3.63) is 51.1 Å². The predicted octanol–water partition coefficient (Wildman–Crippen LogP) is 3.62. The number of aromatic nitrogens is 2. The van der Waals surface area contributed by atoms with Gasteiger partial charge >= 0.3 is 0 Å². The number of amides is 1. The fourth-order valence-corrected chi connectivity index (χ4v) is 3.89. The summed E-state index contributed by atoms with van der Waals surface area (Å²) in [6.07, 6.45) is 5.73. The van der Waals surface area contributed by atoms with Crippen molar-refractivity contribution in [2.24, 2.45) is 0 Å². The number of rotatable bonds is 5. The minimum Gasteiger partial charge on any atom is -0.464 e. The van der Waals surface area contributed by atoms with Crippen LogP contribution in [0.1, 0.15) is 73.7 Å².